The van der Waals surface area contributed by atoms with Crippen LogP contribution in [0.5, 0.6) is 0 Å². The molecule has 7 heteroatoms. The number of hydrogen-bond donors (Lipinski definition) is 1. The van der Waals surface area contributed by atoms with Gasteiger partial charge >= 0.3 is 0 Å². The van der Waals surface area contributed by atoms with Crippen molar-refractivity contribution in [3.63, 3.8) is 0 Å². The van der Waals surface area contributed by atoms with E-state index in [1.807, 2.05) is 11.7 Å². The Morgan fingerprint density at radius 2 is 2.18 bits per heavy atom. The highest BCUT2D eigenvalue weighted by molar-refractivity contribution is 4.89. The lowest BCUT2D eigenvalue weighted by Crippen LogP contribution is -2.13. The topological polar surface area (TPSA) is 73.5 Å². The summed E-state index contributed by atoms with van der Waals surface area (Å²) in [5.41, 5.74) is 0. The van der Waals surface area contributed by atoms with Crippen molar-refractivity contribution in [1.82, 2.24) is 34.8 Å². The summed E-state index contributed by atoms with van der Waals surface area (Å²) in [4.78, 5) is 8.43. The highest BCUT2D eigenvalue weighted by Gasteiger charge is 2.09. The lowest BCUT2D eigenvalue weighted by molar-refractivity contribution is 0.486. The monoisotopic (exact) mass is 235 g/mol. The first-order valence-corrected chi connectivity index (χ1v) is 5.62. The van der Waals surface area contributed by atoms with Crippen molar-refractivity contribution in [3.8, 4) is 0 Å². The Morgan fingerprint density at radius 3 is 2.88 bits per heavy atom. The summed E-state index contributed by atoms with van der Waals surface area (Å²) in [7, 11) is 1.87. The third kappa shape index (κ3) is 2.68. The molecule has 1 N–H and O–H groups in total. The van der Waals surface area contributed by atoms with Gasteiger partial charge in [-0.3, -0.25) is 0 Å². The smallest absolute Gasteiger partial charge is 0.164 e. The van der Waals surface area contributed by atoms with Crippen LogP contribution in [0.2, 0.25) is 0 Å². The van der Waals surface area contributed by atoms with E-state index in [-0.39, 0.29) is 0 Å². The van der Waals surface area contributed by atoms with Crippen molar-refractivity contribution >= 4 is 0 Å². The van der Waals surface area contributed by atoms with Gasteiger partial charge in [-0.05, 0) is 20.9 Å². The Kier molecular flexibility index (Phi) is 3.48. The van der Waals surface area contributed by atoms with Gasteiger partial charge in [-0.1, -0.05) is 0 Å². The second kappa shape index (κ2) is 5.05. The van der Waals surface area contributed by atoms with Gasteiger partial charge in [0.1, 0.15) is 25.0 Å². The third-order valence-corrected chi connectivity index (χ3v) is 2.36. The zero-order valence-corrected chi connectivity index (χ0v) is 10.3. The van der Waals surface area contributed by atoms with E-state index in [1.165, 1.54) is 0 Å². The van der Waals surface area contributed by atoms with E-state index in [0.29, 0.717) is 19.1 Å². The fraction of sp³-hybridized carbons (Fsp3) is 0.600. The van der Waals surface area contributed by atoms with Gasteiger partial charge in [0.15, 0.2) is 5.82 Å². The van der Waals surface area contributed by atoms with Gasteiger partial charge in [0.2, 0.25) is 0 Å². The van der Waals surface area contributed by atoms with Crippen LogP contribution in [0.1, 0.15) is 31.5 Å². The maximum absolute atomic E-state index is 4.34. The minimum Gasteiger partial charge on any atom is -0.313 e. The van der Waals surface area contributed by atoms with Crippen LogP contribution < -0.4 is 5.32 Å². The summed E-state index contributed by atoms with van der Waals surface area (Å²) < 4.78 is 3.66. The molecular weight excluding hydrogens is 218 g/mol. The Balaban J connectivity index is 2.11. The average Bonchev–Trinajstić information content (AvgIpc) is 2.89. The van der Waals surface area contributed by atoms with E-state index in [2.05, 4.69) is 39.3 Å². The summed E-state index contributed by atoms with van der Waals surface area (Å²) in [5, 5.41) is 11.5. The van der Waals surface area contributed by atoms with Gasteiger partial charge in [0.25, 0.3) is 0 Å². The Labute approximate surface area is 99.9 Å². The zero-order chi connectivity index (χ0) is 12.3. The largest absolute Gasteiger partial charge is 0.313 e. The molecule has 92 valence electrons. The molecule has 2 heterocycles. The predicted molar refractivity (Wildman–Crippen MR) is 62.3 cm³/mol. The van der Waals surface area contributed by atoms with Crippen LogP contribution in [0.4, 0.5) is 0 Å². The molecule has 0 amide bonds. The third-order valence-electron chi connectivity index (χ3n) is 2.36. The molecular formula is C10H17N7. The maximum atomic E-state index is 4.34. The van der Waals surface area contributed by atoms with E-state index in [9.17, 15) is 0 Å². The van der Waals surface area contributed by atoms with Crippen LogP contribution in [0.15, 0.2) is 12.7 Å². The molecule has 0 unspecified atom stereocenters. The fourth-order valence-corrected chi connectivity index (χ4v) is 1.61. The molecule has 17 heavy (non-hydrogen) atoms. The van der Waals surface area contributed by atoms with E-state index in [0.717, 1.165) is 11.6 Å². The van der Waals surface area contributed by atoms with Gasteiger partial charge < -0.3 is 5.32 Å². The molecule has 0 saturated carbocycles. The number of nitrogens with one attached hydrogen (secondary N) is 1. The Bertz CT molecular complexity index is 470. The first kappa shape index (κ1) is 11.7. The molecule has 0 aromatic carbocycles. The van der Waals surface area contributed by atoms with Crippen molar-refractivity contribution in [2.45, 2.75) is 33.0 Å². The van der Waals surface area contributed by atoms with Gasteiger partial charge in [-0.25, -0.2) is 19.3 Å². The zero-order valence-electron chi connectivity index (χ0n) is 10.3. The molecule has 0 atom stereocenters. The van der Waals surface area contributed by atoms with Crippen LogP contribution in [-0.4, -0.2) is 36.6 Å². The lowest BCUT2D eigenvalue weighted by atomic mass is 10.4. The molecule has 2 aromatic heterocycles. The molecule has 0 radical (unpaired) electrons. The van der Waals surface area contributed by atoms with E-state index >= 15 is 0 Å². The maximum Gasteiger partial charge on any atom is 0.164 e. The second-order valence-electron chi connectivity index (χ2n) is 4.10. The lowest BCUT2D eigenvalue weighted by Gasteiger charge is -2.08. The number of hydrogen-bond acceptors (Lipinski definition) is 5. The SMILES string of the molecule is CNCc1ncn(Cc2ncnn2C(C)C)n1. The first-order valence-electron chi connectivity index (χ1n) is 5.62. The number of rotatable bonds is 5. The van der Waals surface area contributed by atoms with Crippen molar-refractivity contribution < 1.29 is 0 Å². The molecule has 0 aliphatic rings. The van der Waals surface area contributed by atoms with Gasteiger partial charge in [0.05, 0.1) is 6.54 Å². The van der Waals surface area contributed by atoms with Crippen LogP contribution >= 0.6 is 0 Å². The van der Waals surface area contributed by atoms with E-state index < -0.39 is 0 Å². The summed E-state index contributed by atoms with van der Waals surface area (Å²) >= 11 is 0. The highest BCUT2D eigenvalue weighted by atomic mass is 15.4. The van der Waals surface area contributed by atoms with E-state index in [1.54, 1.807) is 17.3 Å². The molecule has 0 saturated heterocycles. The summed E-state index contributed by atoms with van der Waals surface area (Å²) in [5.74, 6) is 1.67. The molecule has 2 aromatic rings. The summed E-state index contributed by atoms with van der Waals surface area (Å²) in [6.45, 7) is 5.41. The van der Waals surface area contributed by atoms with E-state index in [4.69, 9.17) is 0 Å². The fourth-order valence-electron chi connectivity index (χ4n) is 1.61. The van der Waals surface area contributed by atoms with Crippen molar-refractivity contribution in [1.29, 1.82) is 0 Å². The minimum atomic E-state index is 0.299. The minimum absolute atomic E-state index is 0.299. The number of aromatic nitrogens is 6. The van der Waals surface area contributed by atoms with Crippen molar-refractivity contribution in [3.05, 3.63) is 24.3 Å². The molecule has 0 aliphatic carbocycles. The van der Waals surface area contributed by atoms with Crippen LogP contribution in [-0.2, 0) is 13.1 Å². The number of nitrogens with zero attached hydrogens (tertiary/aromatic N) is 6. The first-order chi connectivity index (χ1) is 8.20. The molecule has 0 aliphatic heterocycles. The molecule has 2 rings (SSSR count). The van der Waals surface area contributed by atoms with Crippen LogP contribution in [0, 0.1) is 0 Å². The van der Waals surface area contributed by atoms with Crippen molar-refractivity contribution in [2.24, 2.45) is 0 Å². The van der Waals surface area contributed by atoms with Gasteiger partial charge in [-0.15, -0.1) is 0 Å². The Morgan fingerprint density at radius 1 is 1.35 bits per heavy atom. The van der Waals surface area contributed by atoms with Crippen LogP contribution in [0.25, 0.3) is 0 Å². The standard InChI is InChI=1S/C10H17N7/c1-8(2)17-10(12-6-14-17)5-16-7-13-9(15-16)4-11-3/h6-8,11H,4-5H2,1-3H3. The summed E-state index contributed by atoms with van der Waals surface area (Å²) in [6.07, 6.45) is 3.28. The molecule has 7 nitrogen and oxygen atoms in total. The quantitative estimate of drug-likeness (QED) is 0.802. The van der Waals surface area contributed by atoms with Gasteiger partial charge in [-0.2, -0.15) is 10.2 Å². The van der Waals surface area contributed by atoms with Crippen LogP contribution in [0.3, 0.4) is 0 Å². The Hall–Kier alpha value is -1.76. The second-order valence-corrected chi connectivity index (χ2v) is 4.10. The van der Waals surface area contributed by atoms with Crippen molar-refractivity contribution in [2.75, 3.05) is 7.05 Å². The molecule has 0 spiro atoms. The average molecular weight is 235 g/mol. The molecule has 0 fully saturated rings. The van der Waals surface area contributed by atoms with Gasteiger partial charge in [0, 0.05) is 6.04 Å². The summed E-state index contributed by atoms with van der Waals surface area (Å²) in [6, 6.07) is 0.299. The normalized spacial score (nSPS) is 11.3. The highest BCUT2D eigenvalue weighted by Crippen LogP contribution is 2.06. The molecule has 0 bridgehead atoms. The predicted octanol–water partition coefficient (Wildman–Crippen LogP) is 0.218.